The first kappa shape index (κ1) is 56.8. The van der Waals surface area contributed by atoms with Crippen LogP contribution in [0.1, 0.15) is 121 Å². The van der Waals surface area contributed by atoms with Crippen molar-refractivity contribution < 1.29 is 67.2 Å². The van der Waals surface area contributed by atoms with Crippen LogP contribution in [0.25, 0.3) is 0 Å². The molecule has 18 atom stereocenters. The molecule has 68 heavy (non-hydrogen) atoms. The molecular weight excluding hydrogens is 901 g/mol. The van der Waals surface area contributed by atoms with E-state index in [1.165, 1.54) is 21.1 Å². The molecule has 1 aliphatic carbocycles. The normalized spacial score (nSPS) is 42.8. The second-order valence-electron chi connectivity index (χ2n) is 21.2. The summed E-state index contributed by atoms with van der Waals surface area (Å²) in [7, 11) is -1.24. The van der Waals surface area contributed by atoms with Crippen molar-refractivity contribution in [3.8, 4) is 0 Å². The average Bonchev–Trinajstić information content (AvgIpc) is 4.11. The molecule has 4 fully saturated rings. The van der Waals surface area contributed by atoms with Crippen molar-refractivity contribution in [2.75, 3.05) is 39.1 Å². The summed E-state index contributed by atoms with van der Waals surface area (Å²) in [5.74, 6) is -3.13. The van der Waals surface area contributed by atoms with Crippen molar-refractivity contribution in [3.63, 3.8) is 0 Å². The van der Waals surface area contributed by atoms with Gasteiger partial charge in [0.25, 0.3) is 0 Å². The van der Waals surface area contributed by atoms with Crippen molar-refractivity contribution >= 4 is 21.7 Å². The van der Waals surface area contributed by atoms with Crippen molar-refractivity contribution in [1.29, 1.82) is 0 Å². The number of ether oxygens (including phenoxy) is 6. The standard InChI is InChI=1S/C49H86N4O14S/c1-14-22-50-27-49(59)33(8)64-39(25-47(49,10)62-13)66-41-30(5)43(46(9,57)24-28(3)26-51-32(7)42(55)48(11,58)38(15-2)65-44(56)31(41)6)67-45-40(54)36(23-29(4)63-45)53(12)68(60,61)37-19-17-16-18-35(37)52-34-20-21-34/h16-19,28-34,36,38-43,45,50-52,54-55,57-59H,14-15,20-27H2,1-13H3/t28-,29-,30+,31-,32-,33+,36+,38-,39+,40-,41+,42-,43-,45+,46-,47-,48-,49+/m1/s1. The molecule has 4 aliphatic rings. The van der Waals surface area contributed by atoms with Gasteiger partial charge in [-0.3, -0.25) is 4.79 Å². The van der Waals surface area contributed by atoms with E-state index in [2.05, 4.69) is 16.0 Å². The summed E-state index contributed by atoms with van der Waals surface area (Å²) in [6.07, 6.45) is -7.39. The Balaban J connectivity index is 1.56. The van der Waals surface area contributed by atoms with Crippen LogP contribution in [0.3, 0.4) is 0 Å². The molecule has 0 spiro atoms. The molecule has 0 bridgehead atoms. The molecule has 0 aromatic heterocycles. The Labute approximate surface area is 405 Å². The van der Waals surface area contributed by atoms with Crippen molar-refractivity contribution in [2.45, 2.75) is 222 Å². The fourth-order valence-corrected chi connectivity index (χ4v) is 12.2. The molecular formula is C49H86N4O14S. The first-order valence-electron chi connectivity index (χ1n) is 24.9. The Bertz CT molecular complexity index is 1910. The average molecular weight is 987 g/mol. The molecule has 19 heteroatoms. The highest BCUT2D eigenvalue weighted by Gasteiger charge is 2.58. The first-order chi connectivity index (χ1) is 31.7. The van der Waals surface area contributed by atoms with E-state index < -0.39 is 118 Å². The molecule has 0 radical (unpaired) electrons. The minimum absolute atomic E-state index is 0.0217. The Morgan fingerprint density at radius 1 is 0.956 bits per heavy atom. The fourth-order valence-electron chi connectivity index (χ4n) is 10.6. The SMILES string of the molecule is CCCNC[C@]1(O)[C@H](C)O[C@@H](O[C@H]2[C@H](C)[C@@H](O[C@@H]3O[C@H](C)C[C@H](N(C)S(=O)(=O)c4ccccc4NC4CC4)[C@H]3O)[C@](C)(O)C[C@@H](C)CN[C@H](C)[C@@H](O)[C@](C)(O)[C@@H](CC)OC(=O)[C@@H]2C)C[C@@]1(C)OC. The van der Waals surface area contributed by atoms with Gasteiger partial charge in [-0.15, -0.1) is 0 Å². The Kier molecular flexibility index (Phi) is 19.0. The van der Waals surface area contributed by atoms with Crippen molar-refractivity contribution in [2.24, 2.45) is 17.8 Å². The second kappa shape index (κ2) is 22.8. The van der Waals surface area contributed by atoms with Gasteiger partial charge in [-0.05, 0) is 118 Å². The number of aliphatic hydroxyl groups is 5. The lowest BCUT2D eigenvalue weighted by atomic mass is 9.75. The number of para-hydroxylation sites is 1. The third kappa shape index (κ3) is 12.4. The van der Waals surface area contributed by atoms with E-state index in [-0.39, 0.29) is 49.1 Å². The predicted octanol–water partition coefficient (Wildman–Crippen LogP) is 3.26. The Morgan fingerprint density at radius 3 is 2.24 bits per heavy atom. The number of nitrogens with one attached hydrogen (secondary N) is 3. The summed E-state index contributed by atoms with van der Waals surface area (Å²) < 4.78 is 68.7. The van der Waals surface area contributed by atoms with Gasteiger partial charge in [0.15, 0.2) is 12.6 Å². The zero-order valence-electron chi connectivity index (χ0n) is 42.8. The van der Waals surface area contributed by atoms with Crippen LogP contribution in [0, 0.1) is 17.8 Å². The number of likely N-dealkylation sites (N-methyl/N-ethyl adjacent to an activating group) is 1. The Morgan fingerprint density at radius 2 is 1.62 bits per heavy atom. The topological polar surface area (TPSA) is 247 Å². The molecule has 0 amide bonds. The van der Waals surface area contributed by atoms with Crippen LogP contribution in [-0.2, 0) is 43.2 Å². The number of sulfonamides is 1. The van der Waals surface area contributed by atoms with E-state index in [1.807, 2.05) is 13.8 Å². The molecule has 3 aliphatic heterocycles. The van der Waals surface area contributed by atoms with Gasteiger partial charge in [-0.2, -0.15) is 4.31 Å². The van der Waals surface area contributed by atoms with Crippen LogP contribution >= 0.6 is 0 Å². The lowest BCUT2D eigenvalue weighted by Gasteiger charge is -2.53. The highest BCUT2D eigenvalue weighted by Crippen LogP contribution is 2.44. The highest BCUT2D eigenvalue weighted by atomic mass is 32.2. The number of benzene rings is 1. The van der Waals surface area contributed by atoms with Crippen molar-refractivity contribution in [3.05, 3.63) is 24.3 Å². The van der Waals surface area contributed by atoms with Crippen LogP contribution in [0.2, 0.25) is 0 Å². The van der Waals surface area contributed by atoms with Crippen LogP contribution in [0.4, 0.5) is 5.69 Å². The number of hydrogen-bond donors (Lipinski definition) is 8. The van der Waals surface area contributed by atoms with Gasteiger partial charge in [-0.1, -0.05) is 39.8 Å². The number of carbonyl (C=O) groups excluding carboxylic acids is 1. The maximum atomic E-state index is 14.6. The maximum absolute atomic E-state index is 14.6. The summed E-state index contributed by atoms with van der Waals surface area (Å²) in [6, 6.07) is 5.20. The summed E-state index contributed by atoms with van der Waals surface area (Å²) in [4.78, 5) is 14.6. The van der Waals surface area contributed by atoms with Crippen LogP contribution < -0.4 is 16.0 Å². The van der Waals surface area contributed by atoms with E-state index >= 15 is 0 Å². The van der Waals surface area contributed by atoms with E-state index in [0.717, 1.165) is 23.6 Å². The zero-order valence-corrected chi connectivity index (χ0v) is 43.6. The van der Waals surface area contributed by atoms with Gasteiger partial charge in [0.2, 0.25) is 10.0 Å². The number of cyclic esters (lactones) is 1. The number of anilines is 1. The number of hydrogen-bond acceptors (Lipinski definition) is 17. The van der Waals surface area contributed by atoms with Crippen LogP contribution in [-0.4, -0.2) is 174 Å². The molecule has 8 N–H and O–H groups in total. The van der Waals surface area contributed by atoms with Crippen LogP contribution in [0.15, 0.2) is 29.2 Å². The van der Waals surface area contributed by atoms with Gasteiger partial charge in [0.05, 0.1) is 47.7 Å². The first-order valence-corrected chi connectivity index (χ1v) is 26.3. The zero-order chi connectivity index (χ0) is 50.7. The monoisotopic (exact) mass is 987 g/mol. The van der Waals surface area contributed by atoms with E-state index in [1.54, 1.807) is 79.7 Å². The van der Waals surface area contributed by atoms with E-state index in [4.69, 9.17) is 28.4 Å². The number of esters is 1. The number of methoxy groups -OCH3 is 1. The molecule has 0 unspecified atom stereocenters. The molecule has 18 nitrogen and oxygen atoms in total. The number of nitrogens with zero attached hydrogens (tertiary/aromatic N) is 1. The fraction of sp³-hybridized carbons (Fsp3) is 0.857. The molecule has 1 aromatic carbocycles. The molecule has 392 valence electrons. The summed E-state index contributed by atoms with van der Waals surface area (Å²) in [5, 5.41) is 70.4. The quantitative estimate of drug-likeness (QED) is 0.0929. The third-order valence-electron chi connectivity index (χ3n) is 15.3. The van der Waals surface area contributed by atoms with Gasteiger partial charge < -0.3 is 69.9 Å². The molecule has 1 saturated carbocycles. The molecule has 5 rings (SSSR count). The minimum atomic E-state index is -4.18. The minimum Gasteiger partial charge on any atom is -0.459 e. The number of aliphatic hydroxyl groups excluding tert-OH is 2. The van der Waals surface area contributed by atoms with Gasteiger partial charge >= 0.3 is 5.97 Å². The predicted molar refractivity (Wildman–Crippen MR) is 256 cm³/mol. The lowest BCUT2D eigenvalue weighted by molar-refractivity contribution is -0.336. The summed E-state index contributed by atoms with van der Waals surface area (Å²) in [5.41, 5.74) is -5.86. The van der Waals surface area contributed by atoms with Gasteiger partial charge in [0, 0.05) is 45.1 Å². The van der Waals surface area contributed by atoms with Crippen molar-refractivity contribution in [1.82, 2.24) is 14.9 Å². The van der Waals surface area contributed by atoms with E-state index in [9.17, 15) is 38.7 Å². The van der Waals surface area contributed by atoms with Gasteiger partial charge in [-0.25, -0.2) is 8.42 Å². The van der Waals surface area contributed by atoms with E-state index in [0.29, 0.717) is 18.8 Å². The summed E-state index contributed by atoms with van der Waals surface area (Å²) >= 11 is 0. The van der Waals surface area contributed by atoms with Gasteiger partial charge in [0.1, 0.15) is 40.0 Å². The highest BCUT2D eigenvalue weighted by molar-refractivity contribution is 7.89. The third-order valence-corrected chi connectivity index (χ3v) is 17.2. The second-order valence-corrected chi connectivity index (χ2v) is 23.1. The number of rotatable bonds is 15. The lowest BCUT2D eigenvalue weighted by Crippen LogP contribution is -2.70. The summed E-state index contributed by atoms with van der Waals surface area (Å²) in [6.45, 7) is 20.1. The maximum Gasteiger partial charge on any atom is 0.311 e. The Hall–Kier alpha value is -2.08. The largest absolute Gasteiger partial charge is 0.459 e. The molecule has 3 heterocycles. The van der Waals surface area contributed by atoms with Crippen LogP contribution in [0.5, 0.6) is 0 Å². The smallest absolute Gasteiger partial charge is 0.311 e. The number of carbonyl (C=O) groups is 1. The molecule has 3 saturated heterocycles. The molecule has 1 aromatic rings.